The van der Waals surface area contributed by atoms with Gasteiger partial charge in [-0.2, -0.15) is 0 Å². The third-order valence-electron chi connectivity index (χ3n) is 2.44. The average molecular weight is 233 g/mol. The van der Waals surface area contributed by atoms with Crippen molar-refractivity contribution in [1.29, 1.82) is 0 Å². The Balaban J connectivity index is 2.29. The van der Waals surface area contributed by atoms with Gasteiger partial charge in [-0.3, -0.25) is 4.79 Å². The van der Waals surface area contributed by atoms with E-state index in [2.05, 4.69) is 10.3 Å². The molecule has 0 spiro atoms. The Morgan fingerprint density at radius 3 is 2.59 bits per heavy atom. The molecule has 0 aliphatic carbocycles. The summed E-state index contributed by atoms with van der Waals surface area (Å²) >= 11 is 0. The van der Waals surface area contributed by atoms with Crippen molar-refractivity contribution in [2.75, 3.05) is 0 Å². The predicted octanol–water partition coefficient (Wildman–Crippen LogP) is 1.16. The molecule has 88 valence electrons. The van der Waals surface area contributed by atoms with Gasteiger partial charge in [-0.25, -0.2) is 4.68 Å². The van der Waals surface area contributed by atoms with Crippen molar-refractivity contribution < 1.29 is 15.0 Å². The summed E-state index contributed by atoms with van der Waals surface area (Å²) in [4.78, 5) is 10.8. The standard InChI is InChI=1S/C11H11N3O3/c1-7(11(16)17)10-6-14(13-12-10)8-2-4-9(15)5-3-8/h2-7,15H,1H3,(H,16,17). The number of hydrogen-bond donors (Lipinski definition) is 2. The van der Waals surface area contributed by atoms with Crippen LogP contribution in [0.4, 0.5) is 0 Å². The topological polar surface area (TPSA) is 88.2 Å². The maximum atomic E-state index is 10.8. The van der Waals surface area contributed by atoms with Gasteiger partial charge in [0.15, 0.2) is 0 Å². The fourth-order valence-corrected chi connectivity index (χ4v) is 1.33. The fraction of sp³-hybridized carbons (Fsp3) is 0.182. The van der Waals surface area contributed by atoms with Crippen LogP contribution in [0.2, 0.25) is 0 Å². The van der Waals surface area contributed by atoms with Crippen LogP contribution in [0.3, 0.4) is 0 Å². The van der Waals surface area contributed by atoms with Gasteiger partial charge in [0.2, 0.25) is 0 Å². The van der Waals surface area contributed by atoms with Gasteiger partial charge in [0.1, 0.15) is 5.75 Å². The highest BCUT2D eigenvalue weighted by Gasteiger charge is 2.17. The summed E-state index contributed by atoms with van der Waals surface area (Å²) in [7, 11) is 0. The minimum atomic E-state index is -0.942. The summed E-state index contributed by atoms with van der Waals surface area (Å²) in [5, 5.41) is 25.6. The maximum Gasteiger partial charge on any atom is 0.312 e. The molecule has 1 unspecified atom stereocenters. The number of carboxylic acid groups (broad SMARTS) is 1. The van der Waals surface area contributed by atoms with Crippen molar-refractivity contribution in [3.05, 3.63) is 36.2 Å². The SMILES string of the molecule is CC(C(=O)O)c1cn(-c2ccc(O)cc2)nn1. The van der Waals surface area contributed by atoms with Gasteiger partial charge in [-0.1, -0.05) is 5.21 Å². The summed E-state index contributed by atoms with van der Waals surface area (Å²) in [6, 6.07) is 6.38. The number of rotatable bonds is 3. The number of phenols is 1. The molecule has 0 aliphatic rings. The van der Waals surface area contributed by atoms with Crippen LogP contribution in [0, 0.1) is 0 Å². The third kappa shape index (κ3) is 2.25. The number of phenolic OH excluding ortho intramolecular Hbond substituents is 1. The molecule has 6 nitrogen and oxygen atoms in total. The number of carboxylic acids is 1. The summed E-state index contributed by atoms with van der Waals surface area (Å²) in [5.41, 5.74) is 1.10. The number of carbonyl (C=O) groups is 1. The van der Waals surface area contributed by atoms with Gasteiger partial charge in [0.05, 0.1) is 23.5 Å². The highest BCUT2D eigenvalue weighted by atomic mass is 16.4. The first-order valence-electron chi connectivity index (χ1n) is 5.02. The Labute approximate surface area is 97.1 Å². The lowest BCUT2D eigenvalue weighted by Gasteiger charge is -2.00. The molecule has 0 amide bonds. The van der Waals surface area contributed by atoms with E-state index >= 15 is 0 Å². The Bertz CT molecular complexity index is 533. The second kappa shape index (κ2) is 4.25. The second-order valence-corrected chi connectivity index (χ2v) is 3.66. The first-order valence-corrected chi connectivity index (χ1v) is 5.02. The van der Waals surface area contributed by atoms with Crippen LogP contribution in [0.5, 0.6) is 5.75 Å². The molecular weight excluding hydrogens is 222 g/mol. The van der Waals surface area contributed by atoms with Crippen LogP contribution < -0.4 is 0 Å². The normalized spacial score (nSPS) is 12.3. The van der Waals surface area contributed by atoms with Crippen molar-refractivity contribution >= 4 is 5.97 Å². The Hall–Kier alpha value is -2.37. The molecule has 0 saturated heterocycles. The molecule has 0 radical (unpaired) electrons. The van der Waals surface area contributed by atoms with Crippen LogP contribution in [0.25, 0.3) is 5.69 Å². The number of benzene rings is 1. The van der Waals surface area contributed by atoms with E-state index < -0.39 is 11.9 Å². The minimum Gasteiger partial charge on any atom is -0.508 e. The molecule has 0 fully saturated rings. The van der Waals surface area contributed by atoms with Crippen molar-refractivity contribution in [1.82, 2.24) is 15.0 Å². The van der Waals surface area contributed by atoms with E-state index in [4.69, 9.17) is 10.2 Å². The quantitative estimate of drug-likeness (QED) is 0.830. The number of nitrogens with zero attached hydrogens (tertiary/aromatic N) is 3. The van der Waals surface area contributed by atoms with Crippen molar-refractivity contribution in [2.45, 2.75) is 12.8 Å². The van der Waals surface area contributed by atoms with Crippen LogP contribution >= 0.6 is 0 Å². The molecule has 6 heteroatoms. The Morgan fingerprint density at radius 2 is 2.00 bits per heavy atom. The van der Waals surface area contributed by atoms with Gasteiger partial charge in [0.25, 0.3) is 0 Å². The molecule has 1 heterocycles. The Kier molecular flexibility index (Phi) is 2.78. The largest absolute Gasteiger partial charge is 0.508 e. The van der Waals surface area contributed by atoms with Gasteiger partial charge in [0, 0.05) is 0 Å². The third-order valence-corrected chi connectivity index (χ3v) is 2.44. The van der Waals surface area contributed by atoms with E-state index in [-0.39, 0.29) is 5.75 Å². The smallest absolute Gasteiger partial charge is 0.312 e. The van der Waals surface area contributed by atoms with Gasteiger partial charge in [-0.15, -0.1) is 5.10 Å². The first-order chi connectivity index (χ1) is 8.08. The van der Waals surface area contributed by atoms with E-state index in [0.717, 1.165) is 0 Å². The summed E-state index contributed by atoms with van der Waals surface area (Å²) in [6.45, 7) is 1.55. The maximum absolute atomic E-state index is 10.8. The molecule has 2 N–H and O–H groups in total. The van der Waals surface area contributed by atoms with E-state index in [0.29, 0.717) is 11.4 Å². The molecule has 1 aromatic heterocycles. The molecule has 0 saturated carbocycles. The van der Waals surface area contributed by atoms with Crippen molar-refractivity contribution in [3.63, 3.8) is 0 Å². The first kappa shape index (κ1) is 11.1. The van der Waals surface area contributed by atoms with E-state index in [9.17, 15) is 4.79 Å². The average Bonchev–Trinajstić information content (AvgIpc) is 2.78. The highest BCUT2D eigenvalue weighted by molar-refractivity contribution is 5.74. The molecular formula is C11H11N3O3. The zero-order chi connectivity index (χ0) is 12.4. The molecule has 2 rings (SSSR count). The highest BCUT2D eigenvalue weighted by Crippen LogP contribution is 2.16. The molecule has 0 aliphatic heterocycles. The summed E-state index contributed by atoms with van der Waals surface area (Å²) in [5.74, 6) is -1.48. The van der Waals surface area contributed by atoms with Crippen LogP contribution in [0.15, 0.2) is 30.5 Å². The number of aliphatic carboxylic acids is 1. The van der Waals surface area contributed by atoms with Gasteiger partial charge < -0.3 is 10.2 Å². The van der Waals surface area contributed by atoms with E-state index in [1.807, 2.05) is 0 Å². The van der Waals surface area contributed by atoms with Crippen LogP contribution in [-0.4, -0.2) is 31.2 Å². The molecule has 1 atom stereocenters. The number of aromatic nitrogens is 3. The monoisotopic (exact) mass is 233 g/mol. The van der Waals surface area contributed by atoms with Crippen molar-refractivity contribution in [3.8, 4) is 11.4 Å². The lowest BCUT2D eigenvalue weighted by molar-refractivity contribution is -0.138. The fourth-order valence-electron chi connectivity index (χ4n) is 1.33. The lowest BCUT2D eigenvalue weighted by atomic mass is 10.1. The van der Waals surface area contributed by atoms with Crippen LogP contribution in [-0.2, 0) is 4.79 Å². The van der Waals surface area contributed by atoms with Crippen LogP contribution in [0.1, 0.15) is 18.5 Å². The lowest BCUT2D eigenvalue weighted by Crippen LogP contribution is -2.07. The predicted molar refractivity (Wildman–Crippen MR) is 59.1 cm³/mol. The van der Waals surface area contributed by atoms with E-state index in [1.165, 1.54) is 16.8 Å². The van der Waals surface area contributed by atoms with Gasteiger partial charge in [-0.05, 0) is 31.2 Å². The molecule has 2 aromatic rings. The number of aromatic hydroxyl groups is 1. The minimum absolute atomic E-state index is 0.160. The van der Waals surface area contributed by atoms with Crippen molar-refractivity contribution in [2.24, 2.45) is 0 Å². The van der Waals surface area contributed by atoms with E-state index in [1.54, 1.807) is 25.3 Å². The molecule has 17 heavy (non-hydrogen) atoms. The Morgan fingerprint density at radius 1 is 1.35 bits per heavy atom. The molecule has 0 bridgehead atoms. The molecule has 1 aromatic carbocycles. The summed E-state index contributed by atoms with van der Waals surface area (Å²) < 4.78 is 1.47. The van der Waals surface area contributed by atoms with Gasteiger partial charge >= 0.3 is 5.97 Å². The zero-order valence-electron chi connectivity index (χ0n) is 9.11. The second-order valence-electron chi connectivity index (χ2n) is 3.66. The zero-order valence-corrected chi connectivity index (χ0v) is 9.11. The number of hydrogen-bond acceptors (Lipinski definition) is 4. The summed E-state index contributed by atoms with van der Waals surface area (Å²) in [6.07, 6.45) is 1.56.